The SMILES string of the molecule is C/C=C/C1CCC(c2ccc(-c3ccc(F)c(F)c3)cc2)CC1. The van der Waals surface area contributed by atoms with Crippen molar-refractivity contribution in [1.82, 2.24) is 0 Å². The molecule has 0 aliphatic heterocycles. The molecule has 0 aromatic heterocycles. The first-order chi connectivity index (χ1) is 11.2. The molecule has 0 spiro atoms. The molecule has 2 aromatic carbocycles. The zero-order chi connectivity index (χ0) is 16.2. The third-order valence-electron chi connectivity index (χ3n) is 4.87. The predicted molar refractivity (Wildman–Crippen MR) is 91.3 cm³/mol. The van der Waals surface area contributed by atoms with E-state index in [-0.39, 0.29) is 0 Å². The van der Waals surface area contributed by atoms with E-state index >= 15 is 0 Å². The van der Waals surface area contributed by atoms with Crippen molar-refractivity contribution in [2.24, 2.45) is 5.92 Å². The van der Waals surface area contributed by atoms with Crippen LogP contribution in [0, 0.1) is 17.6 Å². The lowest BCUT2D eigenvalue weighted by Crippen LogP contribution is -2.11. The average molecular weight is 312 g/mol. The van der Waals surface area contributed by atoms with E-state index in [2.05, 4.69) is 31.2 Å². The molecule has 1 fully saturated rings. The number of benzene rings is 2. The molecule has 2 aromatic rings. The molecule has 3 rings (SSSR count). The Hall–Kier alpha value is -1.96. The van der Waals surface area contributed by atoms with Crippen molar-refractivity contribution in [3.8, 4) is 11.1 Å². The molecular weight excluding hydrogens is 290 g/mol. The lowest BCUT2D eigenvalue weighted by atomic mass is 9.78. The van der Waals surface area contributed by atoms with Crippen molar-refractivity contribution >= 4 is 0 Å². The lowest BCUT2D eigenvalue weighted by molar-refractivity contribution is 0.376. The van der Waals surface area contributed by atoms with E-state index < -0.39 is 11.6 Å². The van der Waals surface area contributed by atoms with Crippen LogP contribution in [0.3, 0.4) is 0 Å². The molecule has 23 heavy (non-hydrogen) atoms. The second-order valence-electron chi connectivity index (χ2n) is 6.39. The Morgan fingerprint density at radius 3 is 2.09 bits per heavy atom. The van der Waals surface area contributed by atoms with E-state index in [0.29, 0.717) is 11.5 Å². The van der Waals surface area contributed by atoms with E-state index in [1.165, 1.54) is 43.4 Å². The molecule has 0 saturated heterocycles. The summed E-state index contributed by atoms with van der Waals surface area (Å²) in [5.74, 6) is -0.245. The highest BCUT2D eigenvalue weighted by Crippen LogP contribution is 2.37. The van der Waals surface area contributed by atoms with E-state index in [9.17, 15) is 8.78 Å². The third kappa shape index (κ3) is 3.69. The van der Waals surface area contributed by atoms with Gasteiger partial charge in [0.25, 0.3) is 0 Å². The highest BCUT2D eigenvalue weighted by Gasteiger charge is 2.20. The molecule has 0 nitrogen and oxygen atoms in total. The van der Waals surface area contributed by atoms with Crippen molar-refractivity contribution in [3.05, 3.63) is 71.8 Å². The smallest absolute Gasteiger partial charge is 0.159 e. The molecule has 0 unspecified atom stereocenters. The second-order valence-corrected chi connectivity index (χ2v) is 6.39. The molecule has 1 aliphatic rings. The molecule has 120 valence electrons. The Morgan fingerprint density at radius 2 is 1.48 bits per heavy atom. The van der Waals surface area contributed by atoms with E-state index in [0.717, 1.165) is 11.5 Å². The maximum Gasteiger partial charge on any atom is 0.159 e. The zero-order valence-electron chi connectivity index (χ0n) is 13.4. The summed E-state index contributed by atoms with van der Waals surface area (Å²) >= 11 is 0. The van der Waals surface area contributed by atoms with E-state index in [4.69, 9.17) is 0 Å². The summed E-state index contributed by atoms with van der Waals surface area (Å²) in [5, 5.41) is 0. The molecule has 1 aliphatic carbocycles. The molecule has 0 amide bonds. The maximum absolute atomic E-state index is 13.4. The van der Waals surface area contributed by atoms with Crippen LogP contribution in [0.2, 0.25) is 0 Å². The van der Waals surface area contributed by atoms with Gasteiger partial charge in [-0.15, -0.1) is 0 Å². The number of halogens is 2. The molecule has 0 N–H and O–H groups in total. The Bertz CT molecular complexity index is 677. The highest BCUT2D eigenvalue weighted by molar-refractivity contribution is 5.63. The summed E-state index contributed by atoms with van der Waals surface area (Å²) < 4.78 is 26.4. The maximum atomic E-state index is 13.4. The van der Waals surface area contributed by atoms with E-state index in [1.54, 1.807) is 6.07 Å². The van der Waals surface area contributed by atoms with Gasteiger partial charge in [0.15, 0.2) is 11.6 Å². The van der Waals surface area contributed by atoms with Crippen LogP contribution >= 0.6 is 0 Å². The largest absolute Gasteiger partial charge is 0.204 e. The summed E-state index contributed by atoms with van der Waals surface area (Å²) in [7, 11) is 0. The van der Waals surface area contributed by atoms with Gasteiger partial charge < -0.3 is 0 Å². The normalized spacial score (nSPS) is 21.7. The second kappa shape index (κ2) is 7.08. The molecule has 0 bridgehead atoms. The standard InChI is InChI=1S/C21H22F2/c1-2-3-15-4-6-16(7-5-15)17-8-10-18(11-9-17)19-12-13-20(22)21(23)14-19/h2-3,8-16H,4-7H2,1H3/b3-2+. The van der Waals surface area contributed by atoms with Crippen LogP contribution < -0.4 is 0 Å². The summed E-state index contributed by atoms with van der Waals surface area (Å²) in [4.78, 5) is 0. The third-order valence-corrected chi connectivity index (χ3v) is 4.87. The fraction of sp³-hybridized carbons (Fsp3) is 0.333. The van der Waals surface area contributed by atoms with Crippen molar-refractivity contribution in [1.29, 1.82) is 0 Å². The van der Waals surface area contributed by atoms with Crippen LogP contribution in [0.5, 0.6) is 0 Å². The Balaban J connectivity index is 1.71. The molecule has 0 heterocycles. The van der Waals surface area contributed by atoms with E-state index in [1.807, 2.05) is 12.1 Å². The molecule has 0 radical (unpaired) electrons. The minimum atomic E-state index is -0.803. The van der Waals surface area contributed by atoms with Crippen LogP contribution in [0.15, 0.2) is 54.6 Å². The van der Waals surface area contributed by atoms with Crippen LogP contribution in [0.25, 0.3) is 11.1 Å². The van der Waals surface area contributed by atoms with Crippen LogP contribution in [0.4, 0.5) is 8.78 Å². The van der Waals surface area contributed by atoms with Gasteiger partial charge in [-0.3, -0.25) is 0 Å². The number of allylic oxidation sites excluding steroid dienone is 2. The molecule has 1 saturated carbocycles. The van der Waals surface area contributed by atoms with Crippen LogP contribution in [-0.2, 0) is 0 Å². The number of hydrogen-bond donors (Lipinski definition) is 0. The monoisotopic (exact) mass is 312 g/mol. The van der Waals surface area contributed by atoms with Gasteiger partial charge in [-0.25, -0.2) is 8.78 Å². The fourth-order valence-corrected chi connectivity index (χ4v) is 3.54. The van der Waals surface area contributed by atoms with Gasteiger partial charge in [0, 0.05) is 0 Å². The first-order valence-corrected chi connectivity index (χ1v) is 8.35. The number of rotatable bonds is 3. The summed E-state index contributed by atoms with van der Waals surface area (Å²) in [6.07, 6.45) is 9.42. The predicted octanol–water partition coefficient (Wildman–Crippen LogP) is 6.48. The topological polar surface area (TPSA) is 0 Å². The Morgan fingerprint density at radius 1 is 0.826 bits per heavy atom. The Kier molecular flexibility index (Phi) is 4.90. The van der Waals surface area contributed by atoms with Gasteiger partial charge in [-0.1, -0.05) is 42.5 Å². The van der Waals surface area contributed by atoms with Crippen LogP contribution in [0.1, 0.15) is 44.1 Å². The van der Waals surface area contributed by atoms with Gasteiger partial charge in [-0.2, -0.15) is 0 Å². The van der Waals surface area contributed by atoms with Crippen molar-refractivity contribution in [3.63, 3.8) is 0 Å². The minimum absolute atomic E-state index is 0.621. The lowest BCUT2D eigenvalue weighted by Gasteiger charge is -2.27. The minimum Gasteiger partial charge on any atom is -0.204 e. The van der Waals surface area contributed by atoms with Gasteiger partial charge in [0.2, 0.25) is 0 Å². The molecule has 0 atom stereocenters. The average Bonchev–Trinajstić information content (AvgIpc) is 2.59. The van der Waals surface area contributed by atoms with Gasteiger partial charge in [0.1, 0.15) is 0 Å². The number of hydrogen-bond acceptors (Lipinski definition) is 0. The quantitative estimate of drug-likeness (QED) is 0.569. The first-order valence-electron chi connectivity index (χ1n) is 8.35. The summed E-state index contributed by atoms with van der Waals surface area (Å²) in [6.45, 7) is 2.09. The van der Waals surface area contributed by atoms with Crippen molar-refractivity contribution < 1.29 is 8.78 Å². The zero-order valence-corrected chi connectivity index (χ0v) is 13.4. The summed E-state index contributed by atoms with van der Waals surface area (Å²) in [5.41, 5.74) is 3.00. The Labute approximate surface area is 136 Å². The highest BCUT2D eigenvalue weighted by atomic mass is 19.2. The summed E-state index contributed by atoms with van der Waals surface area (Å²) in [6, 6.07) is 12.4. The van der Waals surface area contributed by atoms with Gasteiger partial charge in [-0.05, 0) is 73.3 Å². The van der Waals surface area contributed by atoms with Crippen molar-refractivity contribution in [2.75, 3.05) is 0 Å². The molecule has 2 heteroatoms. The molecular formula is C21H22F2. The van der Waals surface area contributed by atoms with Crippen molar-refractivity contribution in [2.45, 2.75) is 38.5 Å². The fourth-order valence-electron chi connectivity index (χ4n) is 3.54. The van der Waals surface area contributed by atoms with Gasteiger partial charge >= 0.3 is 0 Å². The first kappa shape index (κ1) is 15.9. The van der Waals surface area contributed by atoms with Gasteiger partial charge in [0.05, 0.1) is 0 Å². The van der Waals surface area contributed by atoms with Crippen LogP contribution in [-0.4, -0.2) is 0 Å².